The second-order valence-electron chi connectivity index (χ2n) is 6.52. The van der Waals surface area contributed by atoms with Gasteiger partial charge in [-0.3, -0.25) is 14.9 Å². The third-order valence-electron chi connectivity index (χ3n) is 4.56. The van der Waals surface area contributed by atoms with Crippen LogP contribution in [-0.2, 0) is 17.6 Å². The molecule has 3 rings (SSSR count). The van der Waals surface area contributed by atoms with Gasteiger partial charge in [0.25, 0.3) is 11.6 Å². The number of benzene rings is 2. The van der Waals surface area contributed by atoms with Crippen LogP contribution in [0.5, 0.6) is 5.75 Å². The van der Waals surface area contributed by atoms with Gasteiger partial charge in [-0.25, -0.2) is 5.43 Å². The predicted molar refractivity (Wildman–Crippen MR) is 102 cm³/mol. The first-order chi connectivity index (χ1) is 12.9. The van der Waals surface area contributed by atoms with Crippen LogP contribution in [0.2, 0.25) is 0 Å². The molecular formula is C20H21N3O4. The van der Waals surface area contributed by atoms with Crippen molar-refractivity contribution in [2.24, 2.45) is 5.10 Å². The fourth-order valence-corrected chi connectivity index (χ4v) is 3.02. The second-order valence-corrected chi connectivity index (χ2v) is 6.52. The van der Waals surface area contributed by atoms with Crippen molar-refractivity contribution < 1.29 is 14.5 Å². The maximum Gasteiger partial charge on any atom is 0.280 e. The molecule has 1 amide bonds. The number of carbonyl (C=O) groups is 1. The van der Waals surface area contributed by atoms with E-state index < -0.39 is 16.9 Å². The minimum absolute atomic E-state index is 0.0921. The summed E-state index contributed by atoms with van der Waals surface area (Å²) in [6.45, 7) is 3.40. The van der Waals surface area contributed by atoms with E-state index in [0.29, 0.717) is 5.71 Å². The molecule has 1 aliphatic carbocycles. The molecule has 7 heteroatoms. The highest BCUT2D eigenvalue weighted by molar-refractivity contribution is 5.99. The molecule has 2 aromatic rings. The highest BCUT2D eigenvalue weighted by atomic mass is 16.6. The van der Waals surface area contributed by atoms with Gasteiger partial charge in [0.2, 0.25) is 0 Å². The van der Waals surface area contributed by atoms with Crippen LogP contribution in [-0.4, -0.2) is 22.6 Å². The van der Waals surface area contributed by atoms with Crippen molar-refractivity contribution in [1.82, 2.24) is 5.43 Å². The van der Waals surface area contributed by atoms with Gasteiger partial charge in [0, 0.05) is 6.07 Å². The number of carbonyl (C=O) groups excluding carboxylic acids is 1. The van der Waals surface area contributed by atoms with Gasteiger partial charge in [0.15, 0.2) is 6.10 Å². The number of non-ortho nitro benzene ring substituents is 1. The lowest BCUT2D eigenvalue weighted by atomic mass is 10.0. The lowest BCUT2D eigenvalue weighted by Crippen LogP contribution is -2.33. The Balaban J connectivity index is 1.61. The zero-order chi connectivity index (χ0) is 19.4. The summed E-state index contributed by atoms with van der Waals surface area (Å²) in [5.74, 6) is -0.173. The molecule has 0 saturated carbocycles. The molecule has 1 unspecified atom stereocenters. The topological polar surface area (TPSA) is 93.8 Å². The average Bonchev–Trinajstić information content (AvgIpc) is 3.13. The molecule has 1 atom stereocenters. The molecule has 0 aromatic heterocycles. The Morgan fingerprint density at radius 2 is 2.00 bits per heavy atom. The number of aryl methyl sites for hydroxylation is 2. The number of nitro benzene ring substituents is 1. The smallest absolute Gasteiger partial charge is 0.280 e. The molecule has 1 N–H and O–H groups in total. The minimum Gasteiger partial charge on any atom is -0.481 e. The van der Waals surface area contributed by atoms with Crippen molar-refractivity contribution in [3.8, 4) is 5.75 Å². The van der Waals surface area contributed by atoms with Gasteiger partial charge in [0.1, 0.15) is 5.75 Å². The Bertz CT molecular complexity index is 908. The number of nitrogens with zero attached hydrogens (tertiary/aromatic N) is 2. The Morgan fingerprint density at radius 1 is 1.22 bits per heavy atom. The number of nitro groups is 1. The molecule has 2 aromatic carbocycles. The average molecular weight is 367 g/mol. The lowest BCUT2D eigenvalue weighted by molar-refractivity contribution is -0.384. The van der Waals surface area contributed by atoms with E-state index in [4.69, 9.17) is 4.74 Å². The molecule has 0 bridgehead atoms. The van der Waals surface area contributed by atoms with Gasteiger partial charge in [-0.1, -0.05) is 18.2 Å². The van der Waals surface area contributed by atoms with Crippen molar-refractivity contribution in [1.29, 1.82) is 0 Å². The summed E-state index contributed by atoms with van der Waals surface area (Å²) in [7, 11) is 0. The highest BCUT2D eigenvalue weighted by Gasteiger charge is 2.16. The first kappa shape index (κ1) is 18.6. The summed E-state index contributed by atoms with van der Waals surface area (Å²) >= 11 is 0. The molecule has 0 spiro atoms. The van der Waals surface area contributed by atoms with E-state index in [1.54, 1.807) is 13.0 Å². The third kappa shape index (κ3) is 4.49. The predicted octanol–water partition coefficient (Wildman–Crippen LogP) is 3.39. The quantitative estimate of drug-likeness (QED) is 0.481. The molecule has 0 radical (unpaired) electrons. The van der Waals surface area contributed by atoms with Gasteiger partial charge in [-0.05, 0) is 61.9 Å². The van der Waals surface area contributed by atoms with E-state index in [1.165, 1.54) is 35.7 Å². The fourth-order valence-electron chi connectivity index (χ4n) is 3.02. The monoisotopic (exact) mass is 367 g/mol. The summed E-state index contributed by atoms with van der Waals surface area (Å²) < 4.78 is 5.48. The zero-order valence-electron chi connectivity index (χ0n) is 15.3. The number of hydrogen-bond donors (Lipinski definition) is 1. The Kier molecular flexibility index (Phi) is 5.49. The van der Waals surface area contributed by atoms with E-state index in [0.717, 1.165) is 18.4 Å². The lowest BCUT2D eigenvalue weighted by Gasteiger charge is -2.13. The normalized spacial score (nSPS) is 14.4. The van der Waals surface area contributed by atoms with Crippen LogP contribution in [0, 0.1) is 10.1 Å². The van der Waals surface area contributed by atoms with Crippen molar-refractivity contribution in [2.75, 3.05) is 0 Å². The van der Waals surface area contributed by atoms with E-state index >= 15 is 0 Å². The first-order valence-corrected chi connectivity index (χ1v) is 8.81. The van der Waals surface area contributed by atoms with Gasteiger partial charge >= 0.3 is 0 Å². The molecule has 1 aliphatic rings. The Labute approximate surface area is 157 Å². The van der Waals surface area contributed by atoms with Crippen LogP contribution < -0.4 is 10.2 Å². The van der Waals surface area contributed by atoms with Crippen LogP contribution in [0.15, 0.2) is 47.6 Å². The molecule has 140 valence electrons. The number of ether oxygens (including phenoxy) is 1. The van der Waals surface area contributed by atoms with Crippen LogP contribution in [0.4, 0.5) is 5.69 Å². The van der Waals surface area contributed by atoms with Gasteiger partial charge in [0.05, 0.1) is 16.7 Å². The SMILES string of the molecule is C/C(=N/NC(=O)C(C)Oc1cccc([N+](=O)[O-])c1)c1ccc2c(c1)CCC2. The number of rotatable bonds is 6. The van der Waals surface area contributed by atoms with Crippen LogP contribution >= 0.6 is 0 Å². The van der Waals surface area contributed by atoms with Crippen molar-refractivity contribution in [3.63, 3.8) is 0 Å². The van der Waals surface area contributed by atoms with E-state index in [2.05, 4.69) is 22.7 Å². The summed E-state index contributed by atoms with van der Waals surface area (Å²) in [4.78, 5) is 22.5. The molecule has 27 heavy (non-hydrogen) atoms. The summed E-state index contributed by atoms with van der Waals surface area (Å²) in [6.07, 6.45) is 2.54. The Hall–Kier alpha value is -3.22. The van der Waals surface area contributed by atoms with Gasteiger partial charge < -0.3 is 4.74 Å². The zero-order valence-corrected chi connectivity index (χ0v) is 15.3. The van der Waals surface area contributed by atoms with Crippen molar-refractivity contribution in [3.05, 3.63) is 69.3 Å². The van der Waals surface area contributed by atoms with E-state index in [9.17, 15) is 14.9 Å². The first-order valence-electron chi connectivity index (χ1n) is 8.81. The highest BCUT2D eigenvalue weighted by Crippen LogP contribution is 2.23. The number of fused-ring (bicyclic) bond motifs is 1. The second kappa shape index (κ2) is 7.99. The minimum atomic E-state index is -0.844. The molecule has 0 heterocycles. The molecule has 7 nitrogen and oxygen atoms in total. The van der Waals surface area contributed by atoms with Gasteiger partial charge in [-0.15, -0.1) is 0 Å². The van der Waals surface area contributed by atoms with E-state index in [1.807, 2.05) is 13.0 Å². The molecular weight excluding hydrogens is 346 g/mol. The summed E-state index contributed by atoms with van der Waals surface area (Å²) in [6, 6.07) is 12.0. The number of amides is 1. The Morgan fingerprint density at radius 3 is 2.78 bits per heavy atom. The van der Waals surface area contributed by atoms with Crippen molar-refractivity contribution in [2.45, 2.75) is 39.2 Å². The van der Waals surface area contributed by atoms with Crippen molar-refractivity contribution >= 4 is 17.3 Å². The van der Waals surface area contributed by atoms with Crippen LogP contribution in [0.3, 0.4) is 0 Å². The third-order valence-corrected chi connectivity index (χ3v) is 4.56. The number of nitrogens with one attached hydrogen (secondary N) is 1. The largest absolute Gasteiger partial charge is 0.481 e. The van der Waals surface area contributed by atoms with Crippen LogP contribution in [0.1, 0.15) is 37.0 Å². The van der Waals surface area contributed by atoms with Crippen LogP contribution in [0.25, 0.3) is 0 Å². The summed E-state index contributed by atoms with van der Waals surface area (Å²) in [5, 5.41) is 15.0. The van der Waals surface area contributed by atoms with E-state index in [-0.39, 0.29) is 11.4 Å². The number of hydrogen-bond acceptors (Lipinski definition) is 5. The maximum atomic E-state index is 12.2. The summed E-state index contributed by atoms with van der Waals surface area (Å²) in [5.41, 5.74) is 6.82. The maximum absolute atomic E-state index is 12.2. The molecule has 0 aliphatic heterocycles. The molecule has 0 fully saturated rings. The standard InChI is InChI=1S/C20H21N3O4/c1-13(16-10-9-15-5-3-6-17(15)11-16)21-22-20(24)14(2)27-19-8-4-7-18(12-19)23(25)26/h4,7-12,14H,3,5-6H2,1-2H3,(H,22,24)/b21-13-. The van der Waals surface area contributed by atoms with Gasteiger partial charge in [-0.2, -0.15) is 5.10 Å². The number of hydrazone groups is 1. The molecule has 0 saturated heterocycles. The fraction of sp³-hybridized carbons (Fsp3) is 0.300.